The minimum Gasteiger partial charge on any atom is -0.488 e. The third-order valence-corrected chi connectivity index (χ3v) is 5.84. The number of carbonyl (C=O) groups excluding carboxylic acids is 2. The fourth-order valence-electron chi connectivity index (χ4n) is 2.73. The number of hydrogen-bond donors (Lipinski definition) is 2. The van der Waals surface area contributed by atoms with Crippen molar-refractivity contribution < 1.29 is 35.9 Å². The molecule has 13 heteroatoms. The van der Waals surface area contributed by atoms with Crippen LogP contribution < -0.4 is 20.7 Å². The Hall–Kier alpha value is -2.82. The number of amidine groups is 1. The lowest BCUT2D eigenvalue weighted by Crippen LogP contribution is -2.22. The van der Waals surface area contributed by atoms with Gasteiger partial charge in [-0.2, -0.15) is 21.6 Å². The molecule has 0 aliphatic carbocycles. The Morgan fingerprint density at radius 2 is 1.81 bits per heavy atom. The molecular formula is C23H25F5N3O3PS. The van der Waals surface area contributed by atoms with Crippen molar-refractivity contribution in [2.45, 2.75) is 12.8 Å². The lowest BCUT2D eigenvalue weighted by Gasteiger charge is -2.14. The number of hydrogen-bond acceptors (Lipinski definition) is 6. The summed E-state index contributed by atoms with van der Waals surface area (Å²) in [5.74, 6) is 0.408. The third-order valence-electron chi connectivity index (χ3n) is 4.31. The number of ether oxygens (including phenoxy) is 1. The van der Waals surface area contributed by atoms with Gasteiger partial charge < -0.3 is 15.4 Å². The number of aldehydes is 1. The van der Waals surface area contributed by atoms with E-state index in [1.807, 2.05) is 14.1 Å². The van der Waals surface area contributed by atoms with Gasteiger partial charge in [0.15, 0.2) is 6.29 Å². The van der Waals surface area contributed by atoms with Gasteiger partial charge in [0, 0.05) is 17.9 Å². The highest BCUT2D eigenvalue weighted by Gasteiger charge is 2.32. The largest absolute Gasteiger partial charge is 0.488 e. The molecule has 0 saturated heterocycles. The van der Waals surface area contributed by atoms with Crippen LogP contribution in [0.25, 0.3) is 6.08 Å². The first-order valence-corrected chi connectivity index (χ1v) is 12.5. The van der Waals surface area contributed by atoms with Gasteiger partial charge in [-0.3, -0.25) is 14.6 Å². The summed E-state index contributed by atoms with van der Waals surface area (Å²) < 4.78 is 70.7. The van der Waals surface area contributed by atoms with E-state index in [1.165, 1.54) is 30.9 Å². The predicted octanol–water partition coefficient (Wildman–Crippen LogP) is 5.29. The van der Waals surface area contributed by atoms with Crippen LogP contribution in [0, 0.1) is 0 Å². The molecule has 0 radical (unpaired) electrons. The molecule has 2 N–H and O–H groups in total. The first kappa shape index (κ1) is 31.2. The molecule has 0 aliphatic heterocycles. The van der Waals surface area contributed by atoms with E-state index in [9.17, 15) is 31.2 Å². The van der Waals surface area contributed by atoms with E-state index >= 15 is 0 Å². The molecule has 0 bridgehead atoms. The Bertz CT molecular complexity index is 1100. The first-order valence-electron chi connectivity index (χ1n) is 10.1. The second-order valence-electron chi connectivity index (χ2n) is 6.83. The minimum absolute atomic E-state index is 0.0798. The maximum atomic E-state index is 13.4. The molecule has 0 aliphatic rings. The van der Waals surface area contributed by atoms with Crippen molar-refractivity contribution in [1.29, 1.82) is 0 Å². The molecular weight excluding hydrogens is 524 g/mol. The minimum atomic E-state index is -4.74. The van der Waals surface area contributed by atoms with Crippen molar-refractivity contribution >= 4 is 50.2 Å². The Labute approximate surface area is 211 Å². The molecule has 6 nitrogen and oxygen atoms in total. The van der Waals surface area contributed by atoms with Crippen molar-refractivity contribution in [1.82, 2.24) is 10.6 Å². The van der Waals surface area contributed by atoms with Crippen LogP contribution in [0.15, 0.2) is 46.3 Å². The fraction of sp³-hybridized carbons (Fsp3) is 0.261. The van der Waals surface area contributed by atoms with Gasteiger partial charge >= 0.3 is 6.18 Å². The zero-order valence-corrected chi connectivity index (χ0v) is 21.5. The molecule has 2 aromatic rings. The van der Waals surface area contributed by atoms with Gasteiger partial charge in [-0.15, -0.1) is 11.8 Å². The molecule has 0 fully saturated rings. The van der Waals surface area contributed by atoms with E-state index in [-0.39, 0.29) is 16.9 Å². The monoisotopic (exact) mass is 549 g/mol. The van der Waals surface area contributed by atoms with Crippen LogP contribution in [0.1, 0.15) is 27.0 Å². The number of nitrogens with one attached hydrogen (secondary N) is 2. The van der Waals surface area contributed by atoms with Crippen LogP contribution in [0.2, 0.25) is 0 Å². The normalized spacial score (nSPS) is 12.1. The highest BCUT2D eigenvalue weighted by Crippen LogP contribution is 2.40. The lowest BCUT2D eigenvalue weighted by molar-refractivity contribution is -0.137. The van der Waals surface area contributed by atoms with Crippen LogP contribution in [-0.4, -0.2) is 45.9 Å². The number of benzene rings is 2. The summed E-state index contributed by atoms with van der Waals surface area (Å²) in [5, 5.41) is 4.48. The van der Waals surface area contributed by atoms with Crippen LogP contribution in [-0.2, 0) is 17.6 Å². The van der Waals surface area contributed by atoms with E-state index in [1.54, 1.807) is 18.4 Å². The highest BCUT2D eigenvalue weighted by molar-refractivity contribution is 8.03. The standard InChI is InChI=1S/C21H18F5N2O3PS.C2H7N/c1-27-20(28-12-30)19(33-2)8-13-3-6-17(15(7-13)10-29)31-11-14-4-5-16(21(22,23)24)9-18(14)32(25)26;1-3-2/h3-10,12H,11H2,1-2H3,(H,27,28,30);3H,1-2H3/b19-8-;. The third kappa shape index (κ3) is 9.33. The zero-order chi connectivity index (χ0) is 27.3. The number of aliphatic imine (C=N–C) groups is 1. The highest BCUT2D eigenvalue weighted by atomic mass is 32.2. The Kier molecular flexibility index (Phi) is 13.3. The maximum Gasteiger partial charge on any atom is 0.416 e. The zero-order valence-electron chi connectivity index (χ0n) is 19.8. The first-order chi connectivity index (χ1) is 17.1. The topological polar surface area (TPSA) is 79.8 Å². The molecule has 2 rings (SSSR count). The SMILES string of the molecule is CN=C(NC=O)/C(=C/c1ccc(OCc2ccc(C(F)(F)F)cc2P(F)F)c(C=O)c1)SC.CNC. The van der Waals surface area contributed by atoms with Crippen molar-refractivity contribution in [2.75, 3.05) is 27.4 Å². The van der Waals surface area contributed by atoms with Gasteiger partial charge in [0.1, 0.15) is 18.2 Å². The number of halogens is 5. The van der Waals surface area contributed by atoms with Gasteiger partial charge in [-0.25, -0.2) is 0 Å². The number of nitrogens with zero attached hydrogens (tertiary/aromatic N) is 1. The number of amides is 1. The summed E-state index contributed by atoms with van der Waals surface area (Å²) >= 11 is 1.31. The molecule has 0 spiro atoms. The van der Waals surface area contributed by atoms with E-state index in [0.29, 0.717) is 41.1 Å². The van der Waals surface area contributed by atoms with Crippen LogP contribution in [0.5, 0.6) is 5.75 Å². The van der Waals surface area contributed by atoms with Crippen LogP contribution in [0.4, 0.5) is 21.6 Å². The average Bonchev–Trinajstić information content (AvgIpc) is 2.84. The van der Waals surface area contributed by atoms with Crippen LogP contribution >= 0.6 is 20.3 Å². The van der Waals surface area contributed by atoms with Gasteiger partial charge in [0.2, 0.25) is 6.41 Å². The summed E-state index contributed by atoms with van der Waals surface area (Å²) in [6.07, 6.45) is -0.306. The molecule has 196 valence electrons. The Morgan fingerprint density at radius 3 is 2.31 bits per heavy atom. The number of alkyl halides is 3. The fourth-order valence-corrected chi connectivity index (χ4v) is 3.92. The molecule has 0 atom stereocenters. The van der Waals surface area contributed by atoms with Crippen molar-refractivity contribution in [3.63, 3.8) is 0 Å². The molecule has 0 heterocycles. The van der Waals surface area contributed by atoms with Crippen molar-refractivity contribution in [2.24, 2.45) is 4.99 Å². The summed E-state index contributed by atoms with van der Waals surface area (Å²) in [7, 11) is 1.45. The Balaban J connectivity index is 0.00000205. The number of thioether (sulfide) groups is 1. The second kappa shape index (κ2) is 15.3. The molecule has 0 unspecified atom stereocenters. The van der Waals surface area contributed by atoms with Gasteiger partial charge in [-0.05, 0) is 56.3 Å². The Morgan fingerprint density at radius 1 is 1.14 bits per heavy atom. The molecule has 0 saturated carbocycles. The summed E-state index contributed by atoms with van der Waals surface area (Å²) in [5.41, 5.74) is -0.585. The molecule has 0 aromatic heterocycles. The van der Waals surface area contributed by atoms with Gasteiger partial charge in [-0.1, -0.05) is 12.1 Å². The number of rotatable bonds is 9. The number of carbonyl (C=O) groups is 2. The van der Waals surface area contributed by atoms with E-state index in [2.05, 4.69) is 15.6 Å². The maximum absolute atomic E-state index is 13.4. The van der Waals surface area contributed by atoms with Crippen molar-refractivity contribution in [3.8, 4) is 5.75 Å². The van der Waals surface area contributed by atoms with Gasteiger partial charge in [0.05, 0.1) is 16.0 Å². The van der Waals surface area contributed by atoms with E-state index < -0.39 is 32.2 Å². The van der Waals surface area contributed by atoms with E-state index in [4.69, 9.17) is 4.74 Å². The molecule has 2 aromatic carbocycles. The molecule has 1 amide bonds. The quantitative estimate of drug-likeness (QED) is 0.146. The molecule has 36 heavy (non-hydrogen) atoms. The predicted molar refractivity (Wildman–Crippen MR) is 135 cm³/mol. The average molecular weight is 550 g/mol. The summed E-state index contributed by atoms with van der Waals surface area (Å²) in [4.78, 5) is 26.8. The second-order valence-corrected chi connectivity index (χ2v) is 8.62. The van der Waals surface area contributed by atoms with E-state index in [0.717, 1.165) is 6.07 Å². The lowest BCUT2D eigenvalue weighted by atomic mass is 10.1. The van der Waals surface area contributed by atoms with Gasteiger partial charge in [0.25, 0.3) is 8.54 Å². The summed E-state index contributed by atoms with van der Waals surface area (Å²) in [6, 6.07) is 6.60. The smallest absolute Gasteiger partial charge is 0.416 e. The van der Waals surface area contributed by atoms with Crippen molar-refractivity contribution in [3.05, 3.63) is 63.6 Å². The summed E-state index contributed by atoms with van der Waals surface area (Å²) in [6.45, 7) is -0.442. The van der Waals surface area contributed by atoms with Crippen LogP contribution in [0.3, 0.4) is 0 Å².